The number of benzene rings is 1. The van der Waals surface area contributed by atoms with Gasteiger partial charge in [-0.25, -0.2) is 4.98 Å². The van der Waals surface area contributed by atoms with Gasteiger partial charge in [-0.05, 0) is 37.9 Å². The van der Waals surface area contributed by atoms with Gasteiger partial charge in [0, 0.05) is 23.8 Å². The molecule has 1 aromatic carbocycles. The minimum Gasteiger partial charge on any atom is -0.385 e. The van der Waals surface area contributed by atoms with Gasteiger partial charge in [0.1, 0.15) is 5.82 Å². The summed E-state index contributed by atoms with van der Waals surface area (Å²) in [5.74, 6) is 0.974. The lowest BCUT2D eigenvalue weighted by Crippen LogP contribution is -2.15. The molecule has 21 heavy (non-hydrogen) atoms. The highest BCUT2D eigenvalue weighted by atomic mass is 79.9. The summed E-state index contributed by atoms with van der Waals surface area (Å²) in [5, 5.41) is 3.41. The first-order valence-corrected chi connectivity index (χ1v) is 8.08. The molecule has 0 aliphatic heterocycles. The summed E-state index contributed by atoms with van der Waals surface area (Å²) < 4.78 is 6.11. The zero-order chi connectivity index (χ0) is 14.9. The number of unbranched alkanes of at least 4 members (excludes halogenated alkanes) is 2. The molecule has 1 heterocycles. The van der Waals surface area contributed by atoms with E-state index in [2.05, 4.69) is 43.3 Å². The van der Waals surface area contributed by atoms with Gasteiger partial charge in [0.05, 0.1) is 18.4 Å². The van der Waals surface area contributed by atoms with E-state index in [0.29, 0.717) is 0 Å². The molecule has 0 aliphatic carbocycles. The molecule has 5 heteroatoms. The Labute approximate surface area is 134 Å². The maximum atomic E-state index is 5.03. The number of hydrogen-bond acceptors (Lipinski definition) is 3. The number of aromatic amines is 1. The number of rotatable bonds is 9. The fourth-order valence-corrected chi connectivity index (χ4v) is 2.53. The lowest BCUT2D eigenvalue weighted by atomic mass is 10.2. The van der Waals surface area contributed by atoms with Crippen LogP contribution in [0.4, 0.5) is 0 Å². The van der Waals surface area contributed by atoms with E-state index in [1.165, 1.54) is 12.8 Å². The number of aromatic nitrogens is 2. The normalized spacial score (nSPS) is 11.0. The molecule has 114 valence electrons. The van der Waals surface area contributed by atoms with Gasteiger partial charge in [0.2, 0.25) is 0 Å². The van der Waals surface area contributed by atoms with Crippen LogP contribution in [0.2, 0.25) is 0 Å². The van der Waals surface area contributed by atoms with E-state index in [1.54, 1.807) is 7.11 Å². The fourth-order valence-electron chi connectivity index (χ4n) is 2.13. The fraction of sp³-hybridized carbons (Fsp3) is 0.438. The van der Waals surface area contributed by atoms with Crippen LogP contribution >= 0.6 is 15.9 Å². The molecule has 2 rings (SSSR count). The molecule has 0 saturated carbocycles. The molecular weight excluding hydrogens is 330 g/mol. The molecule has 0 bridgehead atoms. The summed E-state index contributed by atoms with van der Waals surface area (Å²) in [4.78, 5) is 7.77. The molecule has 4 nitrogen and oxygen atoms in total. The maximum absolute atomic E-state index is 5.03. The zero-order valence-corrected chi connectivity index (χ0v) is 13.9. The van der Waals surface area contributed by atoms with Gasteiger partial charge in [0.15, 0.2) is 0 Å². The van der Waals surface area contributed by atoms with Gasteiger partial charge in [-0.2, -0.15) is 0 Å². The minimum atomic E-state index is 0.776. The predicted octanol–water partition coefficient (Wildman–Crippen LogP) is 3.75. The van der Waals surface area contributed by atoms with Gasteiger partial charge in [-0.15, -0.1) is 0 Å². The molecule has 0 saturated heterocycles. The molecule has 2 N–H and O–H groups in total. The Bertz CT molecular complexity index is 542. The quantitative estimate of drug-likeness (QED) is 0.676. The number of methoxy groups -OCH3 is 1. The van der Waals surface area contributed by atoms with Crippen LogP contribution in [-0.2, 0) is 11.3 Å². The molecule has 0 amide bonds. The molecule has 0 atom stereocenters. The second-order valence-electron chi connectivity index (χ2n) is 4.98. The van der Waals surface area contributed by atoms with E-state index in [-0.39, 0.29) is 0 Å². The number of H-pyrrole nitrogens is 1. The molecular formula is C16H22BrN3O. The first kappa shape index (κ1) is 16.2. The molecule has 0 unspecified atom stereocenters. The maximum Gasteiger partial charge on any atom is 0.120 e. The van der Waals surface area contributed by atoms with Crippen LogP contribution in [0.1, 0.15) is 25.1 Å². The standard InChI is InChI=1S/C16H22BrN3O/c1-21-9-4-2-3-8-18-12-16-19-11-15(20-16)13-6-5-7-14(17)10-13/h5-7,10-11,18H,2-4,8-9,12H2,1H3,(H,19,20). The number of nitrogens with zero attached hydrogens (tertiary/aromatic N) is 1. The van der Waals surface area contributed by atoms with Gasteiger partial charge in [-0.1, -0.05) is 28.1 Å². The van der Waals surface area contributed by atoms with Gasteiger partial charge < -0.3 is 15.0 Å². The van der Waals surface area contributed by atoms with Gasteiger partial charge in [-0.3, -0.25) is 0 Å². The van der Waals surface area contributed by atoms with Crippen molar-refractivity contribution in [3.05, 3.63) is 40.8 Å². The Morgan fingerprint density at radius 3 is 3.00 bits per heavy atom. The molecule has 0 aliphatic rings. The summed E-state index contributed by atoms with van der Waals surface area (Å²) >= 11 is 3.49. The zero-order valence-electron chi connectivity index (χ0n) is 12.4. The van der Waals surface area contributed by atoms with E-state index in [1.807, 2.05) is 18.3 Å². The molecule has 1 aromatic heterocycles. The average molecular weight is 352 g/mol. The smallest absolute Gasteiger partial charge is 0.120 e. The van der Waals surface area contributed by atoms with E-state index < -0.39 is 0 Å². The number of nitrogens with one attached hydrogen (secondary N) is 2. The minimum absolute atomic E-state index is 0.776. The molecule has 0 fully saturated rings. The summed E-state index contributed by atoms with van der Waals surface area (Å²) in [7, 11) is 1.75. The highest BCUT2D eigenvalue weighted by Gasteiger charge is 2.03. The van der Waals surface area contributed by atoms with E-state index in [4.69, 9.17) is 4.74 Å². The Morgan fingerprint density at radius 1 is 1.29 bits per heavy atom. The topological polar surface area (TPSA) is 49.9 Å². The lowest BCUT2D eigenvalue weighted by Gasteiger charge is -2.03. The van der Waals surface area contributed by atoms with E-state index >= 15 is 0 Å². The van der Waals surface area contributed by atoms with Crippen LogP contribution in [0.3, 0.4) is 0 Å². The number of hydrogen-bond donors (Lipinski definition) is 2. The van der Waals surface area contributed by atoms with E-state index in [9.17, 15) is 0 Å². The first-order chi connectivity index (χ1) is 10.3. The van der Waals surface area contributed by atoms with E-state index in [0.717, 1.165) is 47.7 Å². The monoisotopic (exact) mass is 351 g/mol. The highest BCUT2D eigenvalue weighted by molar-refractivity contribution is 9.10. The Hall–Kier alpha value is -1.17. The number of imidazole rings is 1. The van der Waals surface area contributed by atoms with Crippen LogP contribution < -0.4 is 5.32 Å². The third-order valence-electron chi connectivity index (χ3n) is 3.26. The lowest BCUT2D eigenvalue weighted by molar-refractivity contribution is 0.192. The molecule has 0 radical (unpaired) electrons. The van der Waals surface area contributed by atoms with Crippen LogP contribution in [0.15, 0.2) is 34.9 Å². The van der Waals surface area contributed by atoms with Crippen molar-refractivity contribution < 1.29 is 4.74 Å². The van der Waals surface area contributed by atoms with Crippen LogP contribution in [-0.4, -0.2) is 30.2 Å². The average Bonchev–Trinajstić information content (AvgIpc) is 2.95. The molecule has 0 spiro atoms. The third kappa shape index (κ3) is 5.61. The third-order valence-corrected chi connectivity index (χ3v) is 3.75. The molecule has 2 aromatic rings. The summed E-state index contributed by atoms with van der Waals surface area (Å²) in [6.45, 7) is 2.64. The van der Waals surface area contributed by atoms with Crippen LogP contribution in [0.25, 0.3) is 11.3 Å². The van der Waals surface area contributed by atoms with Crippen molar-refractivity contribution >= 4 is 15.9 Å². The second-order valence-corrected chi connectivity index (χ2v) is 5.90. The number of ether oxygens (including phenoxy) is 1. The SMILES string of the molecule is COCCCCCNCc1ncc(-c2cccc(Br)c2)[nH]1. The second kappa shape index (κ2) is 8.97. The van der Waals surface area contributed by atoms with Crippen molar-refractivity contribution in [3.63, 3.8) is 0 Å². The van der Waals surface area contributed by atoms with Crippen molar-refractivity contribution in [2.75, 3.05) is 20.3 Å². The number of halogens is 1. The predicted molar refractivity (Wildman–Crippen MR) is 89.2 cm³/mol. The van der Waals surface area contributed by atoms with Crippen LogP contribution in [0.5, 0.6) is 0 Å². The Morgan fingerprint density at radius 2 is 2.19 bits per heavy atom. The van der Waals surface area contributed by atoms with Gasteiger partial charge >= 0.3 is 0 Å². The largest absolute Gasteiger partial charge is 0.385 e. The summed E-state index contributed by atoms with van der Waals surface area (Å²) in [6.07, 6.45) is 5.38. The van der Waals surface area contributed by atoms with Crippen molar-refractivity contribution in [1.82, 2.24) is 15.3 Å². The Balaban J connectivity index is 1.73. The first-order valence-electron chi connectivity index (χ1n) is 7.29. The van der Waals surface area contributed by atoms with Crippen molar-refractivity contribution in [1.29, 1.82) is 0 Å². The van der Waals surface area contributed by atoms with Gasteiger partial charge in [0.25, 0.3) is 0 Å². The van der Waals surface area contributed by atoms with Crippen molar-refractivity contribution in [2.45, 2.75) is 25.8 Å². The Kier molecular flexibility index (Phi) is 6.92. The van der Waals surface area contributed by atoms with Crippen molar-refractivity contribution in [3.8, 4) is 11.3 Å². The van der Waals surface area contributed by atoms with Crippen LogP contribution in [0, 0.1) is 0 Å². The summed E-state index contributed by atoms with van der Waals surface area (Å²) in [5.41, 5.74) is 2.19. The highest BCUT2D eigenvalue weighted by Crippen LogP contribution is 2.21. The van der Waals surface area contributed by atoms with Crippen molar-refractivity contribution in [2.24, 2.45) is 0 Å². The summed E-state index contributed by atoms with van der Waals surface area (Å²) in [6, 6.07) is 8.20.